The Kier molecular flexibility index (Phi) is 8.59. The average Bonchev–Trinajstić information content (AvgIpc) is 3.99. The van der Waals surface area contributed by atoms with E-state index >= 15 is 0 Å². The lowest BCUT2D eigenvalue weighted by Crippen LogP contribution is -2.68. The molecule has 1 aromatic rings. The van der Waals surface area contributed by atoms with Gasteiger partial charge in [0.2, 0.25) is 0 Å². The normalized spacial score (nSPS) is 60.0. The van der Waals surface area contributed by atoms with Crippen LogP contribution in [0.25, 0.3) is 0 Å². The number of aliphatic hydroxyl groups excluding tert-OH is 1. The zero-order chi connectivity index (χ0) is 45.7. The van der Waals surface area contributed by atoms with E-state index in [2.05, 4.69) is 48.5 Å². The number of carbonyl (C=O) groups excluding carboxylic acids is 1. The molecule has 0 radical (unpaired) electrons. The van der Waals surface area contributed by atoms with E-state index in [0.717, 1.165) is 87.0 Å². The number of fused-ring (bicyclic) bond motifs is 14. The Labute approximate surface area is 386 Å². The predicted molar refractivity (Wildman–Crippen MR) is 239 cm³/mol. The van der Waals surface area contributed by atoms with E-state index in [1.165, 1.54) is 0 Å². The predicted octanol–water partition coefficient (Wildman–Crippen LogP) is 6.84. The molecule has 5 heterocycles. The van der Waals surface area contributed by atoms with Crippen molar-refractivity contribution in [2.45, 2.75) is 217 Å². The SMILES string of the molecule is CC1C2C(CC3(C(=O)CC4C3CCC3Cc5nc6c(nc5CC34C)CC3CCC4C(CC(O)C5(C)C7C(CC45O)OC4(CCC(C)(O)CO4)C7C)C3(C)C6)C2(C)O)OC12CCC(C)(C)O2. The molecule has 11 nitrogen and oxygen atoms in total. The van der Waals surface area contributed by atoms with E-state index < -0.39 is 45.3 Å². The number of Topliss-reactive ketones (excluding diaryl/α,β-unsaturated/α-hetero) is 1. The van der Waals surface area contributed by atoms with Crippen LogP contribution < -0.4 is 0 Å². The van der Waals surface area contributed by atoms with Crippen molar-refractivity contribution < 1.29 is 44.2 Å². The third kappa shape index (κ3) is 5.10. The Bertz CT molecular complexity index is 2240. The monoisotopic (exact) mass is 899 g/mol. The van der Waals surface area contributed by atoms with Gasteiger partial charge in [0.05, 0.1) is 75.5 Å². The van der Waals surface area contributed by atoms with Gasteiger partial charge in [0.15, 0.2) is 11.6 Å². The summed E-state index contributed by atoms with van der Waals surface area (Å²) in [5, 5.41) is 49.3. The minimum absolute atomic E-state index is 0.00181. The van der Waals surface area contributed by atoms with Crippen molar-refractivity contribution in [2.24, 2.45) is 80.8 Å². The summed E-state index contributed by atoms with van der Waals surface area (Å²) in [6.07, 6.45) is 11.5. The fourth-order valence-corrected chi connectivity index (χ4v) is 20.5. The summed E-state index contributed by atoms with van der Waals surface area (Å²) in [4.78, 5) is 26.0. The van der Waals surface area contributed by atoms with Crippen molar-refractivity contribution in [2.75, 3.05) is 6.61 Å². The summed E-state index contributed by atoms with van der Waals surface area (Å²) < 4.78 is 26.8. The Morgan fingerprint density at radius 2 is 1.22 bits per heavy atom. The van der Waals surface area contributed by atoms with E-state index in [-0.39, 0.29) is 88.4 Å². The maximum Gasteiger partial charge on any atom is 0.172 e. The van der Waals surface area contributed by atoms with Crippen LogP contribution in [0.4, 0.5) is 0 Å². The summed E-state index contributed by atoms with van der Waals surface area (Å²) in [5.41, 5.74) is -0.598. The molecule has 3 spiro atoms. The van der Waals surface area contributed by atoms with Crippen molar-refractivity contribution in [3.8, 4) is 0 Å². The first-order chi connectivity index (χ1) is 30.4. The van der Waals surface area contributed by atoms with E-state index in [1.807, 2.05) is 13.8 Å². The van der Waals surface area contributed by atoms with E-state index in [1.54, 1.807) is 0 Å². The van der Waals surface area contributed by atoms with Crippen molar-refractivity contribution >= 4 is 5.78 Å². The van der Waals surface area contributed by atoms with Gasteiger partial charge in [-0.15, -0.1) is 0 Å². The second kappa shape index (κ2) is 12.8. The lowest BCUT2D eigenvalue weighted by atomic mass is 9.42. The van der Waals surface area contributed by atoms with Crippen molar-refractivity contribution in [3.63, 3.8) is 0 Å². The van der Waals surface area contributed by atoms with Gasteiger partial charge in [0.25, 0.3) is 0 Å². The first-order valence-corrected chi connectivity index (χ1v) is 26.3. The first-order valence-electron chi connectivity index (χ1n) is 26.3. The van der Waals surface area contributed by atoms with Gasteiger partial charge in [0.1, 0.15) is 5.78 Å². The van der Waals surface area contributed by atoms with Gasteiger partial charge in [-0.25, -0.2) is 0 Å². The lowest BCUT2D eigenvalue weighted by Gasteiger charge is -2.64. The van der Waals surface area contributed by atoms with Crippen LogP contribution in [0.5, 0.6) is 0 Å². The highest BCUT2D eigenvalue weighted by Gasteiger charge is 2.80. The molecule has 22 atom stereocenters. The third-order valence-corrected chi connectivity index (χ3v) is 24.0. The van der Waals surface area contributed by atoms with Crippen LogP contribution in [0.2, 0.25) is 0 Å². The lowest BCUT2D eigenvalue weighted by molar-refractivity contribution is -0.304. The molecule has 0 aromatic carbocycles. The van der Waals surface area contributed by atoms with Crippen LogP contribution in [0.15, 0.2) is 0 Å². The zero-order valence-corrected chi connectivity index (χ0v) is 40.8. The molecule has 0 amide bonds. The van der Waals surface area contributed by atoms with Crippen LogP contribution in [0.3, 0.4) is 0 Å². The van der Waals surface area contributed by atoms with Gasteiger partial charge in [-0.3, -0.25) is 14.8 Å². The molecule has 65 heavy (non-hydrogen) atoms. The molecule has 1 aromatic heterocycles. The number of aromatic nitrogens is 2. The van der Waals surface area contributed by atoms with Crippen LogP contribution in [-0.4, -0.2) is 95.1 Å². The molecule has 4 saturated heterocycles. The standard InChI is InChI=1S/C54H78N2O9/c1-27-43-40(63-53(27)17-15-46(5,59)26-62-53)25-52(61)32-13-11-30-19-36-38(23-48(30,7)34(32)20-41(57)49(43,52)8)56-35-18-29-10-12-31-33(47(29,6)22-37(35)55-36)21-42(58)51(31)24-39-44(50(51,9)60)28(2)54(64-39)16-14-45(3,4)65-54/h27-34,39-41,43-44,57,59-61H,10-26H2,1-9H3. The van der Waals surface area contributed by atoms with Gasteiger partial charge in [0, 0.05) is 54.8 Å². The molecule has 10 fully saturated rings. The Balaban J connectivity index is 0.757. The molecule has 0 bridgehead atoms. The molecular formula is C54H78N2O9. The smallest absolute Gasteiger partial charge is 0.172 e. The molecule has 8 aliphatic carbocycles. The van der Waals surface area contributed by atoms with Gasteiger partial charge in [-0.2, -0.15) is 0 Å². The molecule has 22 unspecified atom stereocenters. The molecule has 12 aliphatic rings. The van der Waals surface area contributed by atoms with Crippen LogP contribution in [-0.2, 0) is 49.4 Å². The van der Waals surface area contributed by atoms with Gasteiger partial charge in [-0.05, 0) is 151 Å². The molecule has 4 N–H and O–H groups in total. The third-order valence-electron chi connectivity index (χ3n) is 24.0. The van der Waals surface area contributed by atoms with Crippen LogP contribution in [0, 0.1) is 80.8 Å². The minimum Gasteiger partial charge on any atom is -0.392 e. The van der Waals surface area contributed by atoms with Crippen molar-refractivity contribution in [1.82, 2.24) is 9.97 Å². The second-order valence-electron chi connectivity index (χ2n) is 27.1. The van der Waals surface area contributed by atoms with Gasteiger partial charge in [-0.1, -0.05) is 34.6 Å². The van der Waals surface area contributed by atoms with Crippen LogP contribution in [0.1, 0.15) is 162 Å². The summed E-state index contributed by atoms with van der Waals surface area (Å²) in [7, 11) is 0. The van der Waals surface area contributed by atoms with Crippen LogP contribution >= 0.6 is 0 Å². The molecule has 13 rings (SSSR count). The van der Waals surface area contributed by atoms with E-state index in [4.69, 9.17) is 28.9 Å². The fourth-order valence-electron chi connectivity index (χ4n) is 20.5. The number of nitrogens with zero attached hydrogens (tertiary/aromatic N) is 2. The maximum absolute atomic E-state index is 14.8. The quantitative estimate of drug-likeness (QED) is 0.216. The summed E-state index contributed by atoms with van der Waals surface area (Å²) in [5.74, 6) is -0.104. The molecule has 358 valence electrons. The highest BCUT2D eigenvalue weighted by Crippen LogP contribution is 2.75. The first kappa shape index (κ1) is 43.5. The topological polar surface area (TPSA) is 161 Å². The largest absolute Gasteiger partial charge is 0.392 e. The highest BCUT2D eigenvalue weighted by atomic mass is 16.7. The molecule has 6 saturated carbocycles. The average molecular weight is 899 g/mol. The molecule has 11 heteroatoms. The number of ketones is 1. The van der Waals surface area contributed by atoms with Gasteiger partial charge >= 0.3 is 0 Å². The van der Waals surface area contributed by atoms with Crippen molar-refractivity contribution in [1.29, 1.82) is 0 Å². The molecule has 4 aliphatic heterocycles. The summed E-state index contributed by atoms with van der Waals surface area (Å²) in [6.45, 7) is 19.7. The van der Waals surface area contributed by atoms with E-state index in [0.29, 0.717) is 50.4 Å². The minimum atomic E-state index is -1.17. The number of hydrogen-bond acceptors (Lipinski definition) is 11. The number of carbonyl (C=O) groups is 1. The van der Waals surface area contributed by atoms with E-state index in [9.17, 15) is 25.2 Å². The highest BCUT2D eigenvalue weighted by molar-refractivity contribution is 5.90. The maximum atomic E-state index is 14.8. The fraction of sp³-hybridized carbons (Fsp3) is 0.907. The Hall–Kier alpha value is -1.57. The number of rotatable bonds is 0. The second-order valence-corrected chi connectivity index (χ2v) is 27.1. The summed E-state index contributed by atoms with van der Waals surface area (Å²) in [6, 6.07) is 0. The number of ether oxygens (including phenoxy) is 4. The zero-order valence-electron chi connectivity index (χ0n) is 40.8. The molecular weight excluding hydrogens is 821 g/mol. The Morgan fingerprint density at radius 3 is 1.82 bits per heavy atom. The van der Waals surface area contributed by atoms with Gasteiger partial charge < -0.3 is 39.4 Å². The van der Waals surface area contributed by atoms with Crippen molar-refractivity contribution in [3.05, 3.63) is 22.8 Å². The summed E-state index contributed by atoms with van der Waals surface area (Å²) >= 11 is 0. The Morgan fingerprint density at radius 1 is 0.631 bits per heavy atom. The number of hydrogen-bond donors (Lipinski definition) is 4. The number of aliphatic hydroxyl groups is 4.